The molecule has 1 aromatic carbocycles. The first-order chi connectivity index (χ1) is 7.61. The van der Waals surface area contributed by atoms with Gasteiger partial charge in [0.15, 0.2) is 5.84 Å². The van der Waals surface area contributed by atoms with Gasteiger partial charge >= 0.3 is 0 Å². The normalized spacial score (nSPS) is 16.2. The van der Waals surface area contributed by atoms with Crippen molar-refractivity contribution in [3.8, 4) is 0 Å². The average molecular weight is 219 g/mol. The molecule has 5 nitrogen and oxygen atoms in total. The number of hydrazone groups is 1. The van der Waals surface area contributed by atoms with Crippen molar-refractivity contribution < 1.29 is 0 Å². The Kier molecular flexibility index (Phi) is 2.70. The van der Waals surface area contributed by atoms with E-state index >= 15 is 0 Å². The van der Waals surface area contributed by atoms with E-state index in [2.05, 4.69) is 11.2 Å². The van der Waals surface area contributed by atoms with Crippen LogP contribution in [0.15, 0.2) is 23.3 Å². The van der Waals surface area contributed by atoms with Crippen LogP contribution in [0.3, 0.4) is 0 Å². The molecule has 0 spiro atoms. The van der Waals surface area contributed by atoms with Crippen molar-refractivity contribution in [2.45, 2.75) is 18.8 Å². The summed E-state index contributed by atoms with van der Waals surface area (Å²) < 4.78 is 0. The number of hydrazine groups is 1. The second-order valence-electron chi connectivity index (χ2n) is 4.23. The maximum absolute atomic E-state index is 5.86. The van der Waals surface area contributed by atoms with Crippen molar-refractivity contribution >= 4 is 11.5 Å². The highest BCUT2D eigenvalue weighted by Gasteiger charge is 2.24. The molecule has 1 saturated carbocycles. The molecule has 6 N–H and O–H groups in total. The fourth-order valence-corrected chi connectivity index (χ4v) is 1.83. The van der Waals surface area contributed by atoms with Crippen LogP contribution in [0, 0.1) is 0 Å². The molecule has 86 valence electrons. The smallest absolute Gasteiger partial charge is 0.169 e. The summed E-state index contributed by atoms with van der Waals surface area (Å²) in [6.45, 7) is 0. The third-order valence-electron chi connectivity index (χ3n) is 2.74. The highest BCUT2D eigenvalue weighted by molar-refractivity contribution is 5.99. The Morgan fingerprint density at radius 2 is 2.06 bits per heavy atom. The number of hydrogen-bond donors (Lipinski definition) is 3. The van der Waals surface area contributed by atoms with Gasteiger partial charge in [-0.2, -0.15) is 5.10 Å². The highest BCUT2D eigenvalue weighted by atomic mass is 15.4. The van der Waals surface area contributed by atoms with Crippen LogP contribution in [0.1, 0.15) is 29.9 Å². The summed E-state index contributed by atoms with van der Waals surface area (Å²) in [4.78, 5) is 0. The van der Waals surface area contributed by atoms with Gasteiger partial charge < -0.3 is 11.6 Å². The van der Waals surface area contributed by atoms with Gasteiger partial charge in [-0.3, -0.25) is 5.01 Å². The first-order valence-electron chi connectivity index (χ1n) is 5.29. The zero-order valence-electron chi connectivity index (χ0n) is 9.35. The summed E-state index contributed by atoms with van der Waals surface area (Å²) in [5.74, 6) is 12.2. The van der Waals surface area contributed by atoms with E-state index in [1.165, 1.54) is 23.4 Å². The van der Waals surface area contributed by atoms with Crippen LogP contribution in [0.25, 0.3) is 0 Å². The minimum Gasteiger partial charge on any atom is -0.399 e. The van der Waals surface area contributed by atoms with Crippen molar-refractivity contribution in [2.24, 2.45) is 16.8 Å². The molecule has 1 aliphatic carbocycles. The number of amidine groups is 1. The molecule has 0 radical (unpaired) electrons. The first-order valence-corrected chi connectivity index (χ1v) is 5.29. The molecule has 2 rings (SSSR count). The molecule has 0 unspecified atom stereocenters. The quantitative estimate of drug-likeness (QED) is 0.223. The van der Waals surface area contributed by atoms with Gasteiger partial charge in [-0.05, 0) is 42.5 Å². The number of nitrogens with zero attached hydrogens (tertiary/aromatic N) is 2. The van der Waals surface area contributed by atoms with Crippen molar-refractivity contribution in [3.63, 3.8) is 0 Å². The number of nitrogen functional groups attached to an aromatic ring is 1. The van der Waals surface area contributed by atoms with Crippen molar-refractivity contribution in [1.82, 2.24) is 5.01 Å². The fraction of sp³-hybridized carbons (Fsp3) is 0.364. The molecule has 0 atom stereocenters. The molecular formula is C11H17N5. The lowest BCUT2D eigenvalue weighted by Gasteiger charge is -2.15. The van der Waals surface area contributed by atoms with Crippen LogP contribution in [-0.4, -0.2) is 17.9 Å². The number of benzene rings is 1. The summed E-state index contributed by atoms with van der Waals surface area (Å²) in [6, 6.07) is 5.90. The third kappa shape index (κ3) is 2.09. The SMILES string of the molecule is CN(N)/C(=N\N)c1cc(N)cc(C2CC2)c1. The highest BCUT2D eigenvalue weighted by Crippen LogP contribution is 2.41. The molecule has 5 heteroatoms. The Balaban J connectivity index is 2.39. The molecule has 0 aliphatic heterocycles. The number of nitrogens with two attached hydrogens (primary N) is 3. The van der Waals surface area contributed by atoms with Gasteiger partial charge in [0.1, 0.15) is 0 Å². The van der Waals surface area contributed by atoms with Gasteiger partial charge in [-0.15, -0.1) is 0 Å². The van der Waals surface area contributed by atoms with E-state index in [4.69, 9.17) is 17.4 Å². The monoisotopic (exact) mass is 219 g/mol. The maximum Gasteiger partial charge on any atom is 0.169 e. The molecule has 0 saturated heterocycles. The van der Waals surface area contributed by atoms with Crippen LogP contribution in [-0.2, 0) is 0 Å². The van der Waals surface area contributed by atoms with Gasteiger partial charge in [0.25, 0.3) is 0 Å². The molecule has 0 aromatic heterocycles. The van der Waals surface area contributed by atoms with Crippen molar-refractivity contribution in [3.05, 3.63) is 29.3 Å². The Hall–Kier alpha value is -1.75. The first kappa shape index (κ1) is 10.8. The van der Waals surface area contributed by atoms with Gasteiger partial charge in [0, 0.05) is 18.3 Å². The maximum atomic E-state index is 5.86. The van der Waals surface area contributed by atoms with Gasteiger partial charge in [-0.25, -0.2) is 5.84 Å². The Morgan fingerprint density at radius 3 is 2.56 bits per heavy atom. The van der Waals surface area contributed by atoms with E-state index in [-0.39, 0.29) is 0 Å². The Labute approximate surface area is 94.9 Å². The minimum atomic E-state index is 0.536. The molecule has 0 amide bonds. The lowest BCUT2D eigenvalue weighted by Crippen LogP contribution is -2.34. The zero-order valence-corrected chi connectivity index (χ0v) is 9.35. The minimum absolute atomic E-state index is 0.536. The zero-order chi connectivity index (χ0) is 11.7. The third-order valence-corrected chi connectivity index (χ3v) is 2.74. The molecule has 1 aliphatic rings. The van der Waals surface area contributed by atoms with Crippen LogP contribution in [0.2, 0.25) is 0 Å². The topological polar surface area (TPSA) is 93.7 Å². The van der Waals surface area contributed by atoms with E-state index < -0.39 is 0 Å². The Bertz CT molecular complexity index is 420. The summed E-state index contributed by atoms with van der Waals surface area (Å²) in [6.07, 6.45) is 2.47. The molecular weight excluding hydrogens is 202 g/mol. The molecule has 1 aromatic rings. The lowest BCUT2D eigenvalue weighted by atomic mass is 10.0. The number of hydrogen-bond acceptors (Lipinski definition) is 4. The standard InChI is InChI=1S/C11H17N5/c1-16(14)11(15-13)9-4-8(7-2-3-7)5-10(12)6-9/h4-7H,2-3,12-14H2,1H3/b15-11-. The second kappa shape index (κ2) is 4.02. The predicted molar refractivity (Wildman–Crippen MR) is 65.5 cm³/mol. The van der Waals surface area contributed by atoms with Gasteiger partial charge in [0.05, 0.1) is 0 Å². The van der Waals surface area contributed by atoms with Crippen LogP contribution in [0.4, 0.5) is 5.69 Å². The predicted octanol–water partition coefficient (Wildman–Crippen LogP) is 0.572. The van der Waals surface area contributed by atoms with Crippen LogP contribution < -0.4 is 17.4 Å². The van der Waals surface area contributed by atoms with E-state index in [9.17, 15) is 0 Å². The van der Waals surface area contributed by atoms with Crippen molar-refractivity contribution in [2.75, 3.05) is 12.8 Å². The largest absolute Gasteiger partial charge is 0.399 e. The van der Waals surface area contributed by atoms with Crippen LogP contribution in [0.5, 0.6) is 0 Å². The summed E-state index contributed by atoms with van der Waals surface area (Å²) >= 11 is 0. The van der Waals surface area contributed by atoms with Crippen LogP contribution >= 0.6 is 0 Å². The fourth-order valence-electron chi connectivity index (χ4n) is 1.83. The molecule has 1 fully saturated rings. The summed E-state index contributed by atoms with van der Waals surface area (Å²) in [5, 5.41) is 5.08. The number of rotatable bonds is 2. The van der Waals surface area contributed by atoms with Crippen molar-refractivity contribution in [1.29, 1.82) is 0 Å². The second-order valence-corrected chi connectivity index (χ2v) is 4.23. The molecule has 0 heterocycles. The van der Waals surface area contributed by atoms with E-state index in [0.29, 0.717) is 11.8 Å². The molecule has 16 heavy (non-hydrogen) atoms. The summed E-state index contributed by atoms with van der Waals surface area (Å²) in [5.41, 5.74) is 8.70. The summed E-state index contributed by atoms with van der Waals surface area (Å²) in [7, 11) is 1.70. The molecule has 0 bridgehead atoms. The van der Waals surface area contributed by atoms with E-state index in [0.717, 1.165) is 11.3 Å². The lowest BCUT2D eigenvalue weighted by molar-refractivity contribution is 0.537. The Morgan fingerprint density at radius 1 is 1.38 bits per heavy atom. The van der Waals surface area contributed by atoms with Gasteiger partial charge in [0.2, 0.25) is 0 Å². The van der Waals surface area contributed by atoms with Gasteiger partial charge in [-0.1, -0.05) is 0 Å². The van der Waals surface area contributed by atoms with E-state index in [1.54, 1.807) is 7.05 Å². The average Bonchev–Trinajstić information content (AvgIpc) is 3.00. The van der Waals surface area contributed by atoms with E-state index in [1.807, 2.05) is 12.1 Å². The number of anilines is 1.